The van der Waals surface area contributed by atoms with E-state index in [-0.39, 0.29) is 23.3 Å². The summed E-state index contributed by atoms with van der Waals surface area (Å²) in [6.07, 6.45) is 0. The molecule has 0 aromatic heterocycles. The van der Waals surface area contributed by atoms with Gasteiger partial charge in [-0.3, -0.25) is 13.9 Å². The molecule has 1 N–H and O–H groups in total. The summed E-state index contributed by atoms with van der Waals surface area (Å²) in [7, 11) is -4.17. The van der Waals surface area contributed by atoms with Gasteiger partial charge < -0.3 is 10.2 Å². The van der Waals surface area contributed by atoms with Gasteiger partial charge in [0.15, 0.2) is 0 Å². The number of halogens is 3. The lowest BCUT2D eigenvalue weighted by Crippen LogP contribution is -2.51. The van der Waals surface area contributed by atoms with Crippen LogP contribution in [-0.2, 0) is 26.2 Å². The van der Waals surface area contributed by atoms with E-state index in [1.807, 2.05) is 13.8 Å². The first-order chi connectivity index (χ1) is 18.8. The van der Waals surface area contributed by atoms with E-state index in [0.717, 1.165) is 4.31 Å². The smallest absolute Gasteiger partial charge is 0.264 e. The fourth-order valence-corrected chi connectivity index (χ4v) is 6.05. The van der Waals surface area contributed by atoms with E-state index >= 15 is 0 Å². The number of anilines is 1. The number of aryl methyl sites for hydroxylation is 1. The van der Waals surface area contributed by atoms with Crippen molar-refractivity contribution in [3.63, 3.8) is 0 Å². The van der Waals surface area contributed by atoms with Gasteiger partial charge in [-0.15, -0.1) is 0 Å². The van der Waals surface area contributed by atoms with Gasteiger partial charge in [0.1, 0.15) is 12.6 Å². The summed E-state index contributed by atoms with van der Waals surface area (Å²) in [6, 6.07) is 16.6. The van der Waals surface area contributed by atoms with Crippen LogP contribution < -0.4 is 9.62 Å². The number of nitrogens with zero attached hydrogens (tertiary/aromatic N) is 2. The van der Waals surface area contributed by atoms with Gasteiger partial charge in [-0.2, -0.15) is 0 Å². The number of hydrogen-bond donors (Lipinski definition) is 1. The van der Waals surface area contributed by atoms with Gasteiger partial charge in [-0.05, 0) is 73.4 Å². The molecule has 2 amide bonds. The average Bonchev–Trinajstić information content (AvgIpc) is 2.91. The zero-order valence-electron chi connectivity index (χ0n) is 22.7. The van der Waals surface area contributed by atoms with E-state index < -0.39 is 28.5 Å². The Balaban J connectivity index is 2.05. The van der Waals surface area contributed by atoms with Crippen molar-refractivity contribution in [1.29, 1.82) is 0 Å². The normalized spacial score (nSPS) is 12.2. The Morgan fingerprint density at radius 3 is 2.17 bits per heavy atom. The third-order valence-electron chi connectivity index (χ3n) is 6.23. The highest BCUT2D eigenvalue weighted by molar-refractivity contribution is 7.92. The number of rotatable bonds is 11. The summed E-state index contributed by atoms with van der Waals surface area (Å²) in [5, 5.41) is 3.94. The second-order valence-corrected chi connectivity index (χ2v) is 13.0. The van der Waals surface area contributed by atoms with Crippen molar-refractivity contribution in [3.05, 3.63) is 92.9 Å². The van der Waals surface area contributed by atoms with E-state index in [2.05, 4.69) is 5.32 Å². The Morgan fingerprint density at radius 1 is 0.900 bits per heavy atom. The summed E-state index contributed by atoms with van der Waals surface area (Å²) >= 11 is 18.4. The lowest BCUT2D eigenvalue weighted by atomic mass is 10.1. The van der Waals surface area contributed by atoms with Crippen molar-refractivity contribution in [1.82, 2.24) is 10.2 Å². The molecular formula is C29H32Cl3N3O4S. The Morgan fingerprint density at radius 2 is 1.57 bits per heavy atom. The number of sulfonamides is 1. The van der Waals surface area contributed by atoms with Gasteiger partial charge in [0.05, 0.1) is 20.6 Å². The quantitative estimate of drug-likeness (QED) is 0.270. The van der Waals surface area contributed by atoms with Crippen LogP contribution in [0.25, 0.3) is 0 Å². The summed E-state index contributed by atoms with van der Waals surface area (Å²) in [5.74, 6) is -0.732. The first-order valence-corrected chi connectivity index (χ1v) is 15.2. The zero-order chi connectivity index (χ0) is 29.6. The molecule has 0 heterocycles. The van der Waals surface area contributed by atoms with Crippen LogP contribution in [0.2, 0.25) is 15.1 Å². The Bertz CT molecular complexity index is 1470. The molecule has 0 fully saturated rings. The lowest BCUT2D eigenvalue weighted by Gasteiger charge is -2.32. The number of carbonyl (C=O) groups excluding carboxylic acids is 2. The van der Waals surface area contributed by atoms with Crippen LogP contribution in [0.3, 0.4) is 0 Å². The minimum Gasteiger partial charge on any atom is -0.354 e. The van der Waals surface area contributed by atoms with Crippen molar-refractivity contribution in [2.75, 3.05) is 17.4 Å². The van der Waals surface area contributed by atoms with Crippen LogP contribution in [0, 0.1) is 12.8 Å². The minimum absolute atomic E-state index is 0.00477. The molecule has 214 valence electrons. The standard InChI is InChI=1S/C29H32Cl3N3O4S/c1-19(2)16-33-29(37)21(4)34(17-22-10-12-25(31)26(32)15-22)28(36)18-35(27-13-11-23(30)14-20(27)3)40(38,39)24-8-6-5-7-9-24/h5-15,19,21H,16-18H2,1-4H3,(H,33,37)/t21-/m0/s1. The third kappa shape index (κ3) is 7.91. The maximum Gasteiger partial charge on any atom is 0.264 e. The van der Waals surface area contributed by atoms with E-state index in [4.69, 9.17) is 34.8 Å². The molecule has 1 atom stereocenters. The monoisotopic (exact) mass is 623 g/mol. The predicted molar refractivity (Wildman–Crippen MR) is 161 cm³/mol. The topological polar surface area (TPSA) is 86.8 Å². The molecule has 0 saturated carbocycles. The second-order valence-electron chi connectivity index (χ2n) is 9.84. The van der Waals surface area contributed by atoms with E-state index in [0.29, 0.717) is 38.4 Å². The molecule has 0 aliphatic heterocycles. The molecule has 0 spiro atoms. The zero-order valence-corrected chi connectivity index (χ0v) is 25.8. The second kappa shape index (κ2) is 13.7. The molecule has 7 nitrogen and oxygen atoms in total. The van der Waals surface area contributed by atoms with Crippen LogP contribution >= 0.6 is 34.8 Å². The van der Waals surface area contributed by atoms with E-state index in [1.54, 1.807) is 68.4 Å². The van der Waals surface area contributed by atoms with Gasteiger partial charge in [0, 0.05) is 18.1 Å². The molecule has 0 radical (unpaired) electrons. The molecule has 40 heavy (non-hydrogen) atoms. The van der Waals surface area contributed by atoms with Gasteiger partial charge in [0.25, 0.3) is 10.0 Å². The first-order valence-electron chi connectivity index (χ1n) is 12.7. The number of amides is 2. The molecule has 0 unspecified atom stereocenters. The molecule has 3 aromatic carbocycles. The Kier molecular flexibility index (Phi) is 10.9. The number of hydrogen-bond acceptors (Lipinski definition) is 4. The average molecular weight is 625 g/mol. The molecule has 11 heteroatoms. The third-order valence-corrected chi connectivity index (χ3v) is 8.97. The SMILES string of the molecule is Cc1cc(Cl)ccc1N(CC(=O)N(Cc1ccc(Cl)c(Cl)c1)[C@@H](C)C(=O)NCC(C)C)S(=O)(=O)c1ccccc1. The first kappa shape index (κ1) is 31.7. The molecule has 3 rings (SSSR count). The van der Waals surface area contributed by atoms with Crippen LogP contribution in [0.15, 0.2) is 71.6 Å². The Hall–Kier alpha value is -2.78. The van der Waals surface area contributed by atoms with E-state index in [1.165, 1.54) is 17.0 Å². The van der Waals surface area contributed by atoms with Gasteiger partial charge in [-0.1, -0.05) is 72.9 Å². The predicted octanol–water partition coefficient (Wildman–Crippen LogP) is 6.34. The highest BCUT2D eigenvalue weighted by Gasteiger charge is 2.33. The summed E-state index contributed by atoms with van der Waals surface area (Å²) in [6.45, 7) is 7.13. The summed E-state index contributed by atoms with van der Waals surface area (Å²) in [5.41, 5.74) is 1.50. The van der Waals surface area contributed by atoms with Crippen LogP contribution in [0.4, 0.5) is 5.69 Å². The van der Waals surface area contributed by atoms with Crippen LogP contribution in [0.1, 0.15) is 31.9 Å². The van der Waals surface area contributed by atoms with E-state index in [9.17, 15) is 18.0 Å². The number of carbonyl (C=O) groups is 2. The molecule has 0 bridgehead atoms. The fraction of sp³-hybridized carbons (Fsp3) is 0.310. The molecule has 3 aromatic rings. The van der Waals surface area contributed by atoms with Crippen molar-refractivity contribution in [2.24, 2.45) is 5.92 Å². The van der Waals surface area contributed by atoms with Crippen molar-refractivity contribution in [3.8, 4) is 0 Å². The molecular weight excluding hydrogens is 593 g/mol. The lowest BCUT2D eigenvalue weighted by molar-refractivity contribution is -0.139. The van der Waals surface area contributed by atoms with Gasteiger partial charge in [-0.25, -0.2) is 8.42 Å². The van der Waals surface area contributed by atoms with Crippen molar-refractivity contribution in [2.45, 2.75) is 45.2 Å². The molecule has 0 aliphatic carbocycles. The summed E-state index contributed by atoms with van der Waals surface area (Å²) in [4.78, 5) is 28.4. The highest BCUT2D eigenvalue weighted by atomic mass is 35.5. The molecule has 0 saturated heterocycles. The summed E-state index contributed by atoms with van der Waals surface area (Å²) < 4.78 is 28.8. The van der Waals surface area contributed by atoms with Crippen molar-refractivity contribution < 1.29 is 18.0 Å². The highest BCUT2D eigenvalue weighted by Crippen LogP contribution is 2.30. The minimum atomic E-state index is -4.17. The Labute approximate surface area is 251 Å². The maximum absolute atomic E-state index is 14.0. The fourth-order valence-electron chi connectivity index (χ4n) is 4.00. The molecule has 0 aliphatic rings. The van der Waals surface area contributed by atoms with Gasteiger partial charge in [0.2, 0.25) is 11.8 Å². The van der Waals surface area contributed by atoms with Crippen LogP contribution in [0.5, 0.6) is 0 Å². The van der Waals surface area contributed by atoms with Crippen molar-refractivity contribution >= 4 is 62.3 Å². The van der Waals surface area contributed by atoms with Crippen LogP contribution in [-0.4, -0.2) is 44.3 Å². The largest absolute Gasteiger partial charge is 0.354 e. The number of benzene rings is 3. The number of nitrogens with one attached hydrogen (secondary N) is 1. The van der Waals surface area contributed by atoms with Gasteiger partial charge >= 0.3 is 0 Å². The maximum atomic E-state index is 14.0.